The first kappa shape index (κ1) is 15.8. The minimum atomic E-state index is -0.648. The van der Waals surface area contributed by atoms with Crippen LogP contribution in [0.1, 0.15) is 13.0 Å². The SMILES string of the molecule is C.CNCNc1cc(C)c([N+](=O)[O-])cc1[N+](=O)[O-]. The van der Waals surface area contributed by atoms with E-state index < -0.39 is 9.85 Å². The molecule has 0 aliphatic rings. The maximum atomic E-state index is 10.8. The van der Waals surface area contributed by atoms with Gasteiger partial charge in [-0.15, -0.1) is 0 Å². The molecular formula is C10H16N4O4. The van der Waals surface area contributed by atoms with Gasteiger partial charge in [-0.25, -0.2) is 0 Å². The summed E-state index contributed by atoms with van der Waals surface area (Å²) in [6.07, 6.45) is 0. The summed E-state index contributed by atoms with van der Waals surface area (Å²) in [6.45, 7) is 1.87. The van der Waals surface area contributed by atoms with Crippen LogP contribution >= 0.6 is 0 Å². The Hall–Kier alpha value is -2.22. The number of hydrogen-bond donors (Lipinski definition) is 2. The molecule has 0 bridgehead atoms. The highest BCUT2D eigenvalue weighted by Gasteiger charge is 2.22. The van der Waals surface area contributed by atoms with Gasteiger partial charge in [-0.2, -0.15) is 0 Å². The summed E-state index contributed by atoms with van der Waals surface area (Å²) in [6, 6.07) is 2.36. The first-order chi connectivity index (χ1) is 7.97. The lowest BCUT2D eigenvalue weighted by atomic mass is 10.1. The van der Waals surface area contributed by atoms with Crippen molar-refractivity contribution < 1.29 is 9.85 Å². The quantitative estimate of drug-likeness (QED) is 0.473. The van der Waals surface area contributed by atoms with Gasteiger partial charge in [-0.05, 0) is 20.0 Å². The lowest BCUT2D eigenvalue weighted by Crippen LogP contribution is -2.17. The summed E-state index contributed by atoms with van der Waals surface area (Å²) in [5.41, 5.74) is 0.0657. The first-order valence-corrected chi connectivity index (χ1v) is 4.79. The number of nitrogens with one attached hydrogen (secondary N) is 2. The van der Waals surface area contributed by atoms with Crippen molar-refractivity contribution in [1.29, 1.82) is 0 Å². The zero-order valence-electron chi connectivity index (χ0n) is 9.39. The third-order valence-electron chi connectivity index (χ3n) is 2.16. The number of nitro benzene ring substituents is 2. The van der Waals surface area contributed by atoms with Gasteiger partial charge in [0.15, 0.2) is 0 Å². The van der Waals surface area contributed by atoms with Crippen LogP contribution < -0.4 is 10.6 Å². The van der Waals surface area contributed by atoms with Gasteiger partial charge in [0.1, 0.15) is 5.69 Å². The van der Waals surface area contributed by atoms with Crippen LogP contribution in [-0.2, 0) is 0 Å². The molecule has 100 valence electrons. The number of aryl methyl sites for hydroxylation is 1. The molecule has 0 radical (unpaired) electrons. The maximum Gasteiger partial charge on any atom is 0.299 e. The molecule has 8 heteroatoms. The fraction of sp³-hybridized carbons (Fsp3) is 0.400. The molecule has 8 nitrogen and oxygen atoms in total. The van der Waals surface area contributed by atoms with E-state index in [-0.39, 0.29) is 24.5 Å². The van der Waals surface area contributed by atoms with E-state index in [0.29, 0.717) is 12.2 Å². The lowest BCUT2D eigenvalue weighted by molar-refractivity contribution is -0.394. The molecule has 1 aromatic carbocycles. The molecule has 0 saturated carbocycles. The van der Waals surface area contributed by atoms with E-state index >= 15 is 0 Å². The third-order valence-corrected chi connectivity index (χ3v) is 2.16. The van der Waals surface area contributed by atoms with Crippen LogP contribution in [0.2, 0.25) is 0 Å². The Morgan fingerprint density at radius 2 is 1.72 bits per heavy atom. The molecule has 1 aromatic rings. The van der Waals surface area contributed by atoms with Crippen LogP contribution in [0.5, 0.6) is 0 Å². The molecule has 2 N–H and O–H groups in total. The van der Waals surface area contributed by atoms with Crippen molar-refractivity contribution in [3.8, 4) is 0 Å². The van der Waals surface area contributed by atoms with E-state index in [2.05, 4.69) is 10.6 Å². The summed E-state index contributed by atoms with van der Waals surface area (Å²) in [7, 11) is 1.68. The number of hydrogen-bond acceptors (Lipinski definition) is 6. The first-order valence-electron chi connectivity index (χ1n) is 4.79. The Labute approximate surface area is 104 Å². The second-order valence-corrected chi connectivity index (χ2v) is 3.38. The van der Waals surface area contributed by atoms with Gasteiger partial charge in [0, 0.05) is 5.56 Å². The topological polar surface area (TPSA) is 110 Å². The minimum Gasteiger partial charge on any atom is -0.367 e. The standard InChI is InChI=1S/C9H12N4O4.CH4/c1-6-3-7(11-5-10-2)9(13(16)17)4-8(6)12(14)15;/h3-4,10-11H,5H2,1-2H3;1H4. The van der Waals surface area contributed by atoms with Crippen LogP contribution in [0.3, 0.4) is 0 Å². The van der Waals surface area contributed by atoms with Gasteiger partial charge >= 0.3 is 0 Å². The summed E-state index contributed by atoms with van der Waals surface area (Å²) < 4.78 is 0. The molecule has 18 heavy (non-hydrogen) atoms. The second-order valence-electron chi connectivity index (χ2n) is 3.38. The fourth-order valence-corrected chi connectivity index (χ4v) is 1.36. The van der Waals surface area contributed by atoms with Gasteiger partial charge in [0.25, 0.3) is 11.4 Å². The minimum absolute atomic E-state index is 0. The number of nitrogens with zero attached hydrogens (tertiary/aromatic N) is 2. The zero-order chi connectivity index (χ0) is 13.0. The molecule has 0 aromatic heterocycles. The van der Waals surface area contributed by atoms with Gasteiger partial charge in [-0.1, -0.05) is 7.43 Å². The maximum absolute atomic E-state index is 10.8. The molecule has 0 spiro atoms. The molecule has 0 saturated heterocycles. The average Bonchev–Trinajstić information content (AvgIpc) is 2.25. The number of anilines is 1. The predicted octanol–water partition coefficient (Wildman–Crippen LogP) is 2.04. The Kier molecular flexibility index (Phi) is 5.70. The van der Waals surface area contributed by atoms with E-state index in [4.69, 9.17) is 0 Å². The highest BCUT2D eigenvalue weighted by atomic mass is 16.6. The van der Waals surface area contributed by atoms with E-state index in [1.54, 1.807) is 7.05 Å². The van der Waals surface area contributed by atoms with Gasteiger partial charge in [0.05, 0.1) is 22.6 Å². The molecule has 0 fully saturated rings. The van der Waals surface area contributed by atoms with Crippen molar-refractivity contribution in [2.24, 2.45) is 0 Å². The lowest BCUT2D eigenvalue weighted by Gasteiger charge is -2.07. The highest BCUT2D eigenvalue weighted by molar-refractivity contribution is 5.67. The van der Waals surface area contributed by atoms with Gasteiger partial charge in [0.2, 0.25) is 0 Å². The number of rotatable bonds is 5. The Balaban J connectivity index is 0.00000289. The van der Waals surface area contributed by atoms with Crippen LogP contribution in [0.4, 0.5) is 17.1 Å². The second kappa shape index (κ2) is 6.50. The summed E-state index contributed by atoms with van der Waals surface area (Å²) >= 11 is 0. The normalized spacial score (nSPS) is 9.44. The Bertz CT molecular complexity index is 461. The van der Waals surface area contributed by atoms with Crippen molar-refractivity contribution in [3.63, 3.8) is 0 Å². The van der Waals surface area contributed by atoms with E-state index in [1.165, 1.54) is 13.0 Å². The monoisotopic (exact) mass is 256 g/mol. The van der Waals surface area contributed by atoms with E-state index in [0.717, 1.165) is 6.07 Å². The molecule has 0 amide bonds. The zero-order valence-corrected chi connectivity index (χ0v) is 9.39. The molecule has 0 atom stereocenters. The number of benzene rings is 1. The highest BCUT2D eigenvalue weighted by Crippen LogP contribution is 2.31. The van der Waals surface area contributed by atoms with Crippen LogP contribution in [-0.4, -0.2) is 23.6 Å². The smallest absolute Gasteiger partial charge is 0.299 e. The van der Waals surface area contributed by atoms with Crippen molar-refractivity contribution in [3.05, 3.63) is 37.9 Å². The van der Waals surface area contributed by atoms with Crippen molar-refractivity contribution in [1.82, 2.24) is 5.32 Å². The van der Waals surface area contributed by atoms with Crippen molar-refractivity contribution in [2.45, 2.75) is 14.4 Å². The van der Waals surface area contributed by atoms with E-state index in [9.17, 15) is 20.2 Å². The van der Waals surface area contributed by atoms with E-state index in [1.807, 2.05) is 0 Å². The van der Waals surface area contributed by atoms with Crippen molar-refractivity contribution in [2.75, 3.05) is 19.0 Å². The van der Waals surface area contributed by atoms with Gasteiger partial charge < -0.3 is 10.6 Å². The molecule has 0 aliphatic carbocycles. The molecular weight excluding hydrogens is 240 g/mol. The van der Waals surface area contributed by atoms with Crippen molar-refractivity contribution >= 4 is 17.1 Å². The largest absolute Gasteiger partial charge is 0.367 e. The average molecular weight is 256 g/mol. The number of nitro groups is 2. The van der Waals surface area contributed by atoms with Crippen LogP contribution in [0.25, 0.3) is 0 Å². The Morgan fingerprint density at radius 1 is 1.17 bits per heavy atom. The molecule has 1 rings (SSSR count). The third kappa shape index (κ3) is 3.39. The molecule has 0 aliphatic heterocycles. The summed E-state index contributed by atoms with van der Waals surface area (Å²) in [4.78, 5) is 20.2. The molecule has 0 heterocycles. The summed E-state index contributed by atoms with van der Waals surface area (Å²) in [5.74, 6) is 0. The van der Waals surface area contributed by atoms with Crippen LogP contribution in [0, 0.1) is 27.2 Å². The Morgan fingerprint density at radius 3 is 2.17 bits per heavy atom. The predicted molar refractivity (Wildman–Crippen MR) is 68.8 cm³/mol. The summed E-state index contributed by atoms with van der Waals surface area (Å²) in [5, 5.41) is 27.0. The molecule has 0 unspecified atom stereocenters. The van der Waals surface area contributed by atoms with Gasteiger partial charge in [-0.3, -0.25) is 20.2 Å². The van der Waals surface area contributed by atoms with Crippen LogP contribution in [0.15, 0.2) is 12.1 Å². The fourth-order valence-electron chi connectivity index (χ4n) is 1.36.